The van der Waals surface area contributed by atoms with E-state index >= 15 is 0 Å². The third kappa shape index (κ3) is 4.75. The van der Waals surface area contributed by atoms with Crippen molar-refractivity contribution in [1.29, 1.82) is 0 Å². The van der Waals surface area contributed by atoms with E-state index < -0.39 is 47.5 Å². The van der Waals surface area contributed by atoms with Crippen LogP contribution in [0.2, 0.25) is 0 Å². The topological polar surface area (TPSA) is 126 Å². The third-order valence-electron chi connectivity index (χ3n) is 3.09. The van der Waals surface area contributed by atoms with Gasteiger partial charge in [0.2, 0.25) is 0 Å². The molecule has 1 aromatic heterocycles. The Morgan fingerprint density at radius 1 is 1.32 bits per heavy atom. The Bertz CT molecular complexity index is 839. The predicted octanol–water partition coefficient (Wildman–Crippen LogP) is 3.22. The van der Waals surface area contributed by atoms with Crippen LogP contribution in [0.1, 0.15) is 5.56 Å². The van der Waals surface area contributed by atoms with E-state index in [1.54, 1.807) is 0 Å². The molecule has 0 amide bonds. The van der Waals surface area contributed by atoms with Gasteiger partial charge in [-0.05, 0) is 17.7 Å². The number of nitrogens with zero attached hydrogens (tertiary/aromatic N) is 2. The van der Waals surface area contributed by atoms with E-state index in [1.807, 2.05) is 0 Å². The van der Waals surface area contributed by atoms with Crippen molar-refractivity contribution in [3.8, 4) is 11.1 Å². The maximum Gasteiger partial charge on any atom is 0.417 e. The molecule has 2 aromatic rings. The number of anilines is 1. The van der Waals surface area contributed by atoms with Gasteiger partial charge in [-0.25, -0.2) is 0 Å². The van der Waals surface area contributed by atoms with Gasteiger partial charge in [0.05, 0.1) is 10.5 Å². The lowest BCUT2D eigenvalue weighted by Gasteiger charge is -2.16. The zero-order chi connectivity index (χ0) is 18.8. The van der Waals surface area contributed by atoms with Gasteiger partial charge in [-0.2, -0.15) is 13.2 Å². The highest BCUT2D eigenvalue weighted by Crippen LogP contribution is 2.43. The summed E-state index contributed by atoms with van der Waals surface area (Å²) in [7, 11) is -4.58. The van der Waals surface area contributed by atoms with Crippen LogP contribution in [0, 0.1) is 10.1 Å². The number of nitro groups is 1. The molecule has 0 saturated heterocycles. The second kappa shape index (κ2) is 6.79. The Morgan fingerprint density at radius 3 is 2.48 bits per heavy atom. The average molecular weight is 377 g/mol. The van der Waals surface area contributed by atoms with Crippen LogP contribution in [0.4, 0.5) is 24.5 Å². The quantitative estimate of drug-likeness (QED) is 0.415. The molecule has 3 N–H and O–H groups in total. The maximum absolute atomic E-state index is 13.3. The van der Waals surface area contributed by atoms with Crippen LogP contribution in [0.25, 0.3) is 11.1 Å². The van der Waals surface area contributed by atoms with Crippen molar-refractivity contribution >= 4 is 19.0 Å². The molecule has 8 nitrogen and oxygen atoms in total. The average Bonchev–Trinajstić information content (AvgIpc) is 2.51. The fourth-order valence-corrected chi connectivity index (χ4v) is 2.44. The molecule has 0 saturated carbocycles. The molecule has 0 atom stereocenters. The maximum atomic E-state index is 13.3. The fourth-order valence-electron chi connectivity index (χ4n) is 2.06. The van der Waals surface area contributed by atoms with Gasteiger partial charge >= 0.3 is 13.8 Å². The molecule has 0 bridgehead atoms. The third-order valence-corrected chi connectivity index (χ3v) is 3.66. The molecule has 0 aliphatic heterocycles. The summed E-state index contributed by atoms with van der Waals surface area (Å²) in [6.07, 6.45) is -3.36. The van der Waals surface area contributed by atoms with E-state index in [9.17, 15) is 27.9 Å². The Balaban J connectivity index is 2.67. The summed E-state index contributed by atoms with van der Waals surface area (Å²) in [6.45, 7) is 0. The van der Waals surface area contributed by atoms with Gasteiger partial charge < -0.3 is 15.1 Å². The van der Waals surface area contributed by atoms with Crippen molar-refractivity contribution in [2.75, 3.05) is 11.6 Å². The SMILES string of the molecule is O=[N+]([O-])c1cc(C(F)(F)F)c(-c2cccnc2)cc1NCP(=O)(O)O. The number of benzene rings is 1. The van der Waals surface area contributed by atoms with Crippen LogP contribution in [0.5, 0.6) is 0 Å². The summed E-state index contributed by atoms with van der Waals surface area (Å²) >= 11 is 0. The first-order chi connectivity index (χ1) is 11.5. The van der Waals surface area contributed by atoms with Crippen LogP contribution < -0.4 is 5.32 Å². The number of hydrogen-bond acceptors (Lipinski definition) is 5. The van der Waals surface area contributed by atoms with Crippen LogP contribution in [-0.4, -0.2) is 26.0 Å². The molecule has 0 spiro atoms. The summed E-state index contributed by atoms with van der Waals surface area (Å²) in [4.78, 5) is 31.4. The summed E-state index contributed by atoms with van der Waals surface area (Å²) in [5, 5.41) is 13.2. The van der Waals surface area contributed by atoms with Crippen LogP contribution in [0.15, 0.2) is 36.7 Å². The van der Waals surface area contributed by atoms with Gasteiger partial charge in [0.25, 0.3) is 5.69 Å². The molecule has 1 heterocycles. The van der Waals surface area contributed by atoms with E-state index in [4.69, 9.17) is 9.79 Å². The number of nitro benzene ring substituents is 1. The minimum Gasteiger partial charge on any atom is -0.368 e. The largest absolute Gasteiger partial charge is 0.417 e. The second-order valence-corrected chi connectivity index (χ2v) is 6.56. The Kier molecular flexibility index (Phi) is 5.12. The summed E-state index contributed by atoms with van der Waals surface area (Å²) in [5.41, 5.74) is -3.01. The fraction of sp³-hybridized carbons (Fsp3) is 0.154. The molecular formula is C13H11F3N3O5P. The molecule has 0 radical (unpaired) electrons. The molecule has 12 heteroatoms. The van der Waals surface area contributed by atoms with Crippen LogP contribution in [0.3, 0.4) is 0 Å². The summed E-state index contributed by atoms with van der Waals surface area (Å²) < 4.78 is 50.8. The number of hydrogen-bond donors (Lipinski definition) is 3. The summed E-state index contributed by atoms with van der Waals surface area (Å²) in [6, 6.07) is 3.87. The molecule has 25 heavy (non-hydrogen) atoms. The number of halogens is 3. The van der Waals surface area contributed by atoms with E-state index in [2.05, 4.69) is 10.3 Å². The Hall–Kier alpha value is -2.49. The highest BCUT2D eigenvalue weighted by molar-refractivity contribution is 7.51. The predicted molar refractivity (Wildman–Crippen MR) is 81.9 cm³/mol. The highest BCUT2D eigenvalue weighted by atomic mass is 31.2. The number of pyridine rings is 1. The summed E-state index contributed by atoms with van der Waals surface area (Å²) in [5.74, 6) is 0. The number of alkyl halides is 3. The first-order valence-corrected chi connectivity index (χ1v) is 8.37. The van der Waals surface area contributed by atoms with Gasteiger partial charge in [-0.1, -0.05) is 6.07 Å². The van der Waals surface area contributed by atoms with E-state index in [-0.39, 0.29) is 5.56 Å². The molecule has 0 aliphatic rings. The number of nitrogens with one attached hydrogen (secondary N) is 1. The first-order valence-electron chi connectivity index (χ1n) is 6.57. The van der Waals surface area contributed by atoms with Crippen molar-refractivity contribution in [2.45, 2.75) is 6.18 Å². The van der Waals surface area contributed by atoms with Crippen molar-refractivity contribution in [1.82, 2.24) is 4.98 Å². The number of rotatable bonds is 5. The standard InChI is InChI=1S/C13H11F3N3O5P/c14-13(15,16)10-5-12(19(20)21)11(18-7-25(22,23)24)4-9(10)8-2-1-3-17-6-8/h1-6,18H,7H2,(H2,22,23,24). The molecule has 0 unspecified atom stereocenters. The lowest BCUT2D eigenvalue weighted by Crippen LogP contribution is -2.11. The molecule has 1 aromatic carbocycles. The van der Waals surface area contributed by atoms with Gasteiger partial charge in [-0.15, -0.1) is 0 Å². The van der Waals surface area contributed by atoms with Crippen molar-refractivity contribution in [3.05, 3.63) is 52.3 Å². The van der Waals surface area contributed by atoms with Crippen LogP contribution >= 0.6 is 7.60 Å². The molecule has 0 fully saturated rings. The smallest absolute Gasteiger partial charge is 0.368 e. The van der Waals surface area contributed by atoms with E-state index in [1.165, 1.54) is 18.3 Å². The van der Waals surface area contributed by atoms with E-state index in [0.29, 0.717) is 6.07 Å². The Labute approximate surface area is 138 Å². The number of aromatic nitrogens is 1. The minimum absolute atomic E-state index is 0.0453. The van der Waals surface area contributed by atoms with Crippen LogP contribution in [-0.2, 0) is 10.7 Å². The normalized spacial score (nSPS) is 12.0. The van der Waals surface area contributed by atoms with Gasteiger partial charge in [-0.3, -0.25) is 19.7 Å². The minimum atomic E-state index is -4.88. The lowest BCUT2D eigenvalue weighted by molar-refractivity contribution is -0.384. The monoisotopic (exact) mass is 377 g/mol. The van der Waals surface area contributed by atoms with Gasteiger partial charge in [0.15, 0.2) is 0 Å². The molecule has 134 valence electrons. The lowest BCUT2D eigenvalue weighted by atomic mass is 9.98. The second-order valence-electron chi connectivity index (χ2n) is 4.91. The van der Waals surface area contributed by atoms with Crippen molar-refractivity contribution in [3.63, 3.8) is 0 Å². The zero-order valence-corrected chi connectivity index (χ0v) is 13.2. The van der Waals surface area contributed by atoms with Crippen molar-refractivity contribution in [2.24, 2.45) is 0 Å². The molecule has 2 rings (SSSR count). The molecular weight excluding hydrogens is 366 g/mol. The highest BCUT2D eigenvalue weighted by Gasteiger charge is 2.37. The zero-order valence-electron chi connectivity index (χ0n) is 12.3. The van der Waals surface area contributed by atoms with Crippen molar-refractivity contribution < 1.29 is 32.4 Å². The first kappa shape index (κ1) is 18.8. The molecule has 0 aliphatic carbocycles. The van der Waals surface area contributed by atoms with E-state index in [0.717, 1.165) is 12.3 Å². The Morgan fingerprint density at radius 2 is 2.00 bits per heavy atom. The van der Waals surface area contributed by atoms with Gasteiger partial charge in [0.1, 0.15) is 12.0 Å². The van der Waals surface area contributed by atoms with Gasteiger partial charge in [0, 0.05) is 24.0 Å².